The summed E-state index contributed by atoms with van der Waals surface area (Å²) in [4.78, 5) is 0. The van der Waals surface area contributed by atoms with Crippen LogP contribution in [-0.4, -0.2) is 34.6 Å². The van der Waals surface area contributed by atoms with E-state index >= 15 is 0 Å². The van der Waals surface area contributed by atoms with E-state index in [1.54, 1.807) is 5.57 Å². The predicted molar refractivity (Wildman–Crippen MR) is 120 cm³/mol. The molecule has 4 aliphatic carbocycles. The highest BCUT2D eigenvalue weighted by Gasteiger charge is 2.59. The van der Waals surface area contributed by atoms with E-state index in [0.29, 0.717) is 23.4 Å². The van der Waals surface area contributed by atoms with Crippen LogP contribution in [0, 0.1) is 34.5 Å². The van der Waals surface area contributed by atoms with E-state index in [1.807, 2.05) is 20.8 Å². The quantitative estimate of drug-likeness (QED) is 0.585. The van der Waals surface area contributed by atoms with Crippen molar-refractivity contribution >= 4 is 0 Å². The third kappa shape index (κ3) is 4.08. The Labute approximate surface area is 179 Å². The van der Waals surface area contributed by atoms with Crippen molar-refractivity contribution in [3.8, 4) is 0 Å². The number of rotatable bonds is 4. The highest BCUT2D eigenvalue weighted by molar-refractivity contribution is 5.26. The van der Waals surface area contributed by atoms with Crippen molar-refractivity contribution in [2.75, 3.05) is 13.2 Å². The fraction of sp³-hybridized carbons (Fsp3) is 0.923. The Morgan fingerprint density at radius 1 is 1.07 bits per heavy atom. The molecule has 0 aromatic carbocycles. The van der Waals surface area contributed by atoms with E-state index in [4.69, 9.17) is 4.74 Å². The Kier molecular flexibility index (Phi) is 6.13. The molecule has 3 fully saturated rings. The Bertz CT molecular complexity index is 630. The topological polar surface area (TPSA) is 49.7 Å². The number of allylic oxidation sites excluding steroid dienone is 1. The number of aliphatic hydroxyl groups is 2. The second-order valence-corrected chi connectivity index (χ2v) is 12.1. The minimum Gasteiger partial charge on any atom is -0.390 e. The van der Waals surface area contributed by atoms with Crippen molar-refractivity contribution in [2.24, 2.45) is 34.5 Å². The van der Waals surface area contributed by atoms with E-state index in [-0.39, 0.29) is 7.43 Å². The molecule has 0 aliphatic heterocycles. The summed E-state index contributed by atoms with van der Waals surface area (Å²) in [5.74, 6) is 3.03. The highest BCUT2D eigenvalue weighted by Crippen LogP contribution is 2.66. The van der Waals surface area contributed by atoms with Gasteiger partial charge in [0.15, 0.2) is 0 Å². The smallest absolute Gasteiger partial charge is 0.0824 e. The van der Waals surface area contributed by atoms with Crippen LogP contribution in [0.25, 0.3) is 0 Å². The van der Waals surface area contributed by atoms with Crippen LogP contribution in [0.4, 0.5) is 0 Å². The van der Waals surface area contributed by atoms with Gasteiger partial charge in [0.2, 0.25) is 0 Å². The van der Waals surface area contributed by atoms with Gasteiger partial charge in [0, 0.05) is 0 Å². The first-order chi connectivity index (χ1) is 12.9. The number of fused-ring (bicyclic) bond motifs is 5. The molecule has 0 aromatic heterocycles. The molecule has 3 unspecified atom stereocenters. The molecule has 0 amide bonds. The van der Waals surface area contributed by atoms with E-state index in [9.17, 15) is 10.2 Å². The average molecular weight is 407 g/mol. The highest BCUT2D eigenvalue weighted by atomic mass is 16.5. The van der Waals surface area contributed by atoms with Gasteiger partial charge in [0.1, 0.15) is 0 Å². The van der Waals surface area contributed by atoms with Crippen molar-refractivity contribution in [2.45, 2.75) is 105 Å². The first kappa shape index (κ1) is 23.3. The van der Waals surface area contributed by atoms with Crippen LogP contribution in [0.2, 0.25) is 0 Å². The van der Waals surface area contributed by atoms with Gasteiger partial charge in [0.25, 0.3) is 0 Å². The summed E-state index contributed by atoms with van der Waals surface area (Å²) < 4.78 is 5.97. The van der Waals surface area contributed by atoms with Crippen molar-refractivity contribution in [1.82, 2.24) is 0 Å². The third-order valence-corrected chi connectivity index (χ3v) is 9.35. The summed E-state index contributed by atoms with van der Waals surface area (Å²) in [5.41, 5.74) is 1.01. The zero-order valence-electron chi connectivity index (χ0n) is 18.8. The molecular formula is C26H46O3. The van der Waals surface area contributed by atoms with E-state index in [0.717, 1.165) is 43.6 Å². The third-order valence-electron chi connectivity index (χ3n) is 9.35. The predicted octanol–water partition coefficient (Wildman–Crippen LogP) is 5.74. The molecule has 3 nitrogen and oxygen atoms in total. The SMILES string of the molecule is C.CC(C)(O)COC[C@H]1CCC2C3CC=C4C[C@@](C)(O)CC[C@]4(C)C3CC[C@@]21C. The molecule has 0 saturated heterocycles. The van der Waals surface area contributed by atoms with Gasteiger partial charge in [-0.25, -0.2) is 0 Å². The Balaban J connectivity index is 0.00000240. The van der Waals surface area contributed by atoms with Gasteiger partial charge in [-0.3, -0.25) is 0 Å². The molecule has 0 aromatic rings. The molecular weight excluding hydrogens is 360 g/mol. The van der Waals surface area contributed by atoms with Crippen LogP contribution in [0.5, 0.6) is 0 Å². The second-order valence-electron chi connectivity index (χ2n) is 12.1. The lowest BCUT2D eigenvalue weighted by molar-refractivity contribution is -0.0831. The molecule has 0 heterocycles. The molecule has 168 valence electrons. The van der Waals surface area contributed by atoms with Crippen LogP contribution < -0.4 is 0 Å². The minimum absolute atomic E-state index is 0. The standard InChI is InChI=1S/C25H42O3.CH4/c1-22(2,26)16-28-15-18-7-9-20-19-8-6-17-14-23(3,27)12-13-25(17,5)21(19)10-11-24(18,20)4;/h6,18-21,26-27H,7-16H2,1-5H3;1H4/t18-,19?,20?,21?,23+,24-,25+;/m1./s1. The van der Waals surface area contributed by atoms with Crippen molar-refractivity contribution in [3.05, 3.63) is 11.6 Å². The summed E-state index contributed by atoms with van der Waals surface area (Å²) in [6.07, 6.45) is 12.0. The molecule has 0 spiro atoms. The van der Waals surface area contributed by atoms with Crippen LogP contribution in [0.15, 0.2) is 11.6 Å². The Hall–Kier alpha value is -0.380. The van der Waals surface area contributed by atoms with Gasteiger partial charge in [-0.1, -0.05) is 32.9 Å². The van der Waals surface area contributed by atoms with Crippen molar-refractivity contribution in [3.63, 3.8) is 0 Å². The van der Waals surface area contributed by atoms with E-state index < -0.39 is 11.2 Å². The summed E-state index contributed by atoms with van der Waals surface area (Å²) in [6, 6.07) is 0. The fourth-order valence-electron chi connectivity index (χ4n) is 7.64. The Morgan fingerprint density at radius 2 is 1.79 bits per heavy atom. The van der Waals surface area contributed by atoms with Crippen LogP contribution in [0.1, 0.15) is 93.4 Å². The van der Waals surface area contributed by atoms with Gasteiger partial charge in [-0.05, 0) is 107 Å². The van der Waals surface area contributed by atoms with Gasteiger partial charge in [0.05, 0.1) is 24.4 Å². The summed E-state index contributed by atoms with van der Waals surface area (Å²) in [7, 11) is 0. The van der Waals surface area contributed by atoms with Crippen molar-refractivity contribution < 1.29 is 14.9 Å². The molecule has 29 heavy (non-hydrogen) atoms. The molecule has 0 radical (unpaired) electrons. The first-order valence-electron chi connectivity index (χ1n) is 11.7. The van der Waals surface area contributed by atoms with Crippen LogP contribution >= 0.6 is 0 Å². The summed E-state index contributed by atoms with van der Waals surface area (Å²) in [5, 5.41) is 20.6. The van der Waals surface area contributed by atoms with Crippen LogP contribution in [0.3, 0.4) is 0 Å². The number of ether oxygens (including phenoxy) is 1. The fourth-order valence-corrected chi connectivity index (χ4v) is 7.64. The maximum absolute atomic E-state index is 10.6. The molecule has 4 rings (SSSR count). The van der Waals surface area contributed by atoms with Gasteiger partial charge >= 0.3 is 0 Å². The van der Waals surface area contributed by atoms with Crippen LogP contribution in [-0.2, 0) is 4.74 Å². The largest absolute Gasteiger partial charge is 0.390 e. The minimum atomic E-state index is -0.738. The molecule has 3 heteroatoms. The number of hydrogen-bond acceptors (Lipinski definition) is 3. The first-order valence-corrected chi connectivity index (χ1v) is 11.7. The van der Waals surface area contributed by atoms with Crippen molar-refractivity contribution in [1.29, 1.82) is 0 Å². The lowest BCUT2D eigenvalue weighted by Gasteiger charge is -2.59. The molecule has 0 bridgehead atoms. The zero-order chi connectivity index (χ0) is 20.4. The molecule has 2 N–H and O–H groups in total. The monoisotopic (exact) mass is 406 g/mol. The normalized spacial score (nSPS) is 46.8. The van der Waals surface area contributed by atoms with E-state index in [1.165, 1.54) is 32.1 Å². The summed E-state index contributed by atoms with van der Waals surface area (Å²) >= 11 is 0. The van der Waals surface area contributed by atoms with Gasteiger partial charge < -0.3 is 14.9 Å². The molecule has 4 aliphatic rings. The number of hydrogen-bond donors (Lipinski definition) is 2. The maximum Gasteiger partial charge on any atom is 0.0824 e. The zero-order valence-corrected chi connectivity index (χ0v) is 18.8. The summed E-state index contributed by atoms with van der Waals surface area (Å²) in [6.45, 7) is 11.9. The Morgan fingerprint density at radius 3 is 2.48 bits per heavy atom. The lowest BCUT2D eigenvalue weighted by Crippen LogP contribution is -2.52. The molecule has 7 atom stereocenters. The lowest BCUT2D eigenvalue weighted by atomic mass is 9.47. The van der Waals surface area contributed by atoms with Gasteiger partial charge in [-0.15, -0.1) is 0 Å². The maximum atomic E-state index is 10.6. The van der Waals surface area contributed by atoms with E-state index in [2.05, 4.69) is 19.9 Å². The van der Waals surface area contributed by atoms with Gasteiger partial charge in [-0.2, -0.15) is 0 Å². The molecule has 3 saturated carbocycles. The second kappa shape index (κ2) is 7.64. The average Bonchev–Trinajstić information content (AvgIpc) is 2.91.